The average Bonchev–Trinajstić information content (AvgIpc) is 3.34. The molecule has 4 rings (SSSR count). The molecular weight excluding hydrogens is 322 g/mol. The molecule has 0 atom stereocenters. The van der Waals surface area contributed by atoms with Gasteiger partial charge in [-0.05, 0) is 35.9 Å². The highest BCUT2D eigenvalue weighted by Gasteiger charge is 2.13. The average molecular weight is 335 g/mol. The maximum atomic E-state index is 5.43. The summed E-state index contributed by atoms with van der Waals surface area (Å²) < 4.78 is 7.35. The highest BCUT2D eigenvalue weighted by Crippen LogP contribution is 2.25. The maximum absolute atomic E-state index is 5.43. The normalized spacial score (nSPS) is 10.9. The van der Waals surface area contributed by atoms with Crippen molar-refractivity contribution in [1.29, 1.82) is 0 Å². The number of pyridine rings is 1. The van der Waals surface area contributed by atoms with Crippen LogP contribution in [0.15, 0.2) is 65.8 Å². The molecule has 0 aliphatic carbocycles. The van der Waals surface area contributed by atoms with Crippen molar-refractivity contribution in [3.63, 3.8) is 0 Å². The summed E-state index contributed by atoms with van der Waals surface area (Å²) in [4.78, 5) is 12.8. The van der Waals surface area contributed by atoms with Crippen LogP contribution in [0.4, 0.5) is 0 Å². The summed E-state index contributed by atoms with van der Waals surface area (Å²) in [6, 6.07) is 11.6. The molecule has 118 valence electrons. The number of hydrogen-bond donors (Lipinski definition) is 1. The van der Waals surface area contributed by atoms with Crippen LogP contribution in [-0.2, 0) is 5.75 Å². The predicted molar refractivity (Wildman–Crippen MR) is 92.8 cm³/mol. The van der Waals surface area contributed by atoms with Gasteiger partial charge in [-0.3, -0.25) is 4.98 Å². The van der Waals surface area contributed by atoms with Gasteiger partial charge >= 0.3 is 0 Å². The molecule has 0 saturated heterocycles. The van der Waals surface area contributed by atoms with Gasteiger partial charge in [-0.1, -0.05) is 11.2 Å². The Kier molecular flexibility index (Phi) is 3.84. The van der Waals surface area contributed by atoms with E-state index in [1.165, 1.54) is 0 Å². The first-order chi connectivity index (χ1) is 11.8. The third kappa shape index (κ3) is 2.81. The minimum atomic E-state index is 0.445. The van der Waals surface area contributed by atoms with Gasteiger partial charge in [0.05, 0.1) is 6.33 Å². The van der Waals surface area contributed by atoms with Crippen LogP contribution in [0.3, 0.4) is 0 Å². The van der Waals surface area contributed by atoms with Crippen molar-refractivity contribution in [2.75, 3.05) is 0 Å². The molecule has 0 unspecified atom stereocenters. The molecule has 1 aromatic carbocycles. The van der Waals surface area contributed by atoms with Crippen LogP contribution in [0.2, 0.25) is 0 Å². The minimum Gasteiger partial charge on any atom is -0.334 e. The quantitative estimate of drug-likeness (QED) is 0.579. The molecule has 0 aliphatic rings. The molecule has 6 nitrogen and oxygen atoms in total. The van der Waals surface area contributed by atoms with Gasteiger partial charge in [-0.15, -0.1) is 0 Å². The summed E-state index contributed by atoms with van der Waals surface area (Å²) in [5, 5.41) is 4.02. The monoisotopic (exact) mass is 335 g/mol. The van der Waals surface area contributed by atoms with E-state index in [0.29, 0.717) is 23.2 Å². The second-order valence-electron chi connectivity index (χ2n) is 5.15. The Bertz CT molecular complexity index is 950. The fraction of sp³-hybridized carbons (Fsp3) is 0.0588. The lowest BCUT2D eigenvalue weighted by molar-refractivity contribution is 0.432. The number of imidazole rings is 1. The van der Waals surface area contributed by atoms with Gasteiger partial charge in [-0.25, -0.2) is 4.98 Å². The SMILES string of the molecule is SCc1cc(-c2nc(-c3ccccn3)no2)cc(-n2ccnc2)c1. The van der Waals surface area contributed by atoms with Crippen molar-refractivity contribution in [2.24, 2.45) is 0 Å². The molecule has 0 aliphatic heterocycles. The van der Waals surface area contributed by atoms with Gasteiger partial charge in [0, 0.05) is 35.6 Å². The zero-order valence-electron chi connectivity index (χ0n) is 12.6. The van der Waals surface area contributed by atoms with Crippen LogP contribution in [0, 0.1) is 0 Å². The molecule has 0 radical (unpaired) electrons. The minimum absolute atomic E-state index is 0.445. The van der Waals surface area contributed by atoms with E-state index in [1.54, 1.807) is 18.7 Å². The van der Waals surface area contributed by atoms with Gasteiger partial charge in [0.2, 0.25) is 5.82 Å². The fourth-order valence-corrected chi connectivity index (χ4v) is 2.57. The van der Waals surface area contributed by atoms with Crippen LogP contribution in [-0.4, -0.2) is 24.7 Å². The van der Waals surface area contributed by atoms with Crippen molar-refractivity contribution in [2.45, 2.75) is 5.75 Å². The molecule has 4 aromatic rings. The Balaban J connectivity index is 1.77. The van der Waals surface area contributed by atoms with Crippen molar-refractivity contribution in [3.05, 3.63) is 66.9 Å². The molecule has 24 heavy (non-hydrogen) atoms. The summed E-state index contributed by atoms with van der Waals surface area (Å²) in [6.45, 7) is 0. The third-order valence-corrected chi connectivity index (χ3v) is 3.89. The molecular formula is C17H13N5OS. The molecule has 3 aromatic heterocycles. The van der Waals surface area contributed by atoms with Crippen molar-refractivity contribution < 1.29 is 4.52 Å². The summed E-state index contributed by atoms with van der Waals surface area (Å²) in [5.41, 5.74) is 3.52. The summed E-state index contributed by atoms with van der Waals surface area (Å²) in [6.07, 6.45) is 7.06. The topological polar surface area (TPSA) is 69.6 Å². The van der Waals surface area contributed by atoms with Gasteiger partial charge in [0.25, 0.3) is 5.89 Å². The fourth-order valence-electron chi connectivity index (χ4n) is 2.39. The zero-order valence-corrected chi connectivity index (χ0v) is 13.5. The van der Waals surface area contributed by atoms with Gasteiger partial charge in [0.1, 0.15) is 5.69 Å². The van der Waals surface area contributed by atoms with Crippen LogP contribution >= 0.6 is 12.6 Å². The largest absolute Gasteiger partial charge is 0.334 e. The van der Waals surface area contributed by atoms with Crippen molar-refractivity contribution >= 4 is 12.6 Å². The molecule has 3 heterocycles. The molecule has 7 heteroatoms. The zero-order chi connectivity index (χ0) is 16.4. The first-order valence-electron chi connectivity index (χ1n) is 7.32. The van der Waals surface area contributed by atoms with Gasteiger partial charge in [-0.2, -0.15) is 17.6 Å². The van der Waals surface area contributed by atoms with Gasteiger partial charge in [0.15, 0.2) is 0 Å². The number of benzene rings is 1. The van der Waals surface area contributed by atoms with Crippen LogP contribution in [0.1, 0.15) is 5.56 Å². The van der Waals surface area contributed by atoms with Crippen LogP contribution in [0.5, 0.6) is 0 Å². The second-order valence-corrected chi connectivity index (χ2v) is 5.47. The number of nitrogens with zero attached hydrogens (tertiary/aromatic N) is 5. The van der Waals surface area contributed by atoms with E-state index < -0.39 is 0 Å². The van der Waals surface area contributed by atoms with Crippen LogP contribution < -0.4 is 0 Å². The molecule has 0 saturated carbocycles. The van der Waals surface area contributed by atoms with E-state index in [-0.39, 0.29) is 0 Å². The predicted octanol–water partition coefficient (Wildman–Crippen LogP) is 3.41. The smallest absolute Gasteiger partial charge is 0.258 e. The highest BCUT2D eigenvalue weighted by atomic mass is 32.1. The number of hydrogen-bond acceptors (Lipinski definition) is 6. The summed E-state index contributed by atoms with van der Waals surface area (Å²) >= 11 is 4.38. The third-order valence-electron chi connectivity index (χ3n) is 3.53. The van der Waals surface area contributed by atoms with Crippen molar-refractivity contribution in [3.8, 4) is 28.7 Å². The van der Waals surface area contributed by atoms with E-state index in [1.807, 2.05) is 47.2 Å². The van der Waals surface area contributed by atoms with Crippen molar-refractivity contribution in [1.82, 2.24) is 24.7 Å². The molecule has 0 N–H and O–H groups in total. The van der Waals surface area contributed by atoms with E-state index in [9.17, 15) is 0 Å². The number of thiol groups is 1. The Morgan fingerprint density at radius 3 is 2.83 bits per heavy atom. The van der Waals surface area contributed by atoms with E-state index in [0.717, 1.165) is 16.8 Å². The van der Waals surface area contributed by atoms with Gasteiger partial charge < -0.3 is 9.09 Å². The number of aromatic nitrogens is 5. The standard InChI is InChI=1S/C17H13N5OS/c24-10-12-7-13(9-14(8-12)22-6-5-18-11-22)17-20-16(21-23-17)15-3-1-2-4-19-15/h1-9,11,24H,10H2. The molecule has 0 spiro atoms. The molecule has 0 amide bonds. The highest BCUT2D eigenvalue weighted by molar-refractivity contribution is 7.79. The first-order valence-corrected chi connectivity index (χ1v) is 7.95. The lowest BCUT2D eigenvalue weighted by atomic mass is 10.1. The first kappa shape index (κ1) is 14.6. The molecule has 0 bridgehead atoms. The lowest BCUT2D eigenvalue weighted by Gasteiger charge is -2.07. The Labute approximate surface area is 143 Å². The van der Waals surface area contributed by atoms with E-state index in [2.05, 4.69) is 32.7 Å². The number of rotatable bonds is 4. The maximum Gasteiger partial charge on any atom is 0.258 e. The van der Waals surface area contributed by atoms with E-state index >= 15 is 0 Å². The summed E-state index contributed by atoms with van der Waals surface area (Å²) in [7, 11) is 0. The second kappa shape index (κ2) is 6.29. The van der Waals surface area contributed by atoms with Crippen LogP contribution in [0.25, 0.3) is 28.7 Å². The molecule has 0 fully saturated rings. The summed E-state index contributed by atoms with van der Waals surface area (Å²) in [5.74, 6) is 1.52. The Morgan fingerprint density at radius 2 is 2.08 bits per heavy atom. The lowest BCUT2D eigenvalue weighted by Crippen LogP contribution is -1.93. The Hall–Kier alpha value is -2.93. The Morgan fingerprint density at radius 1 is 1.12 bits per heavy atom. The van der Waals surface area contributed by atoms with E-state index in [4.69, 9.17) is 4.52 Å².